The Bertz CT molecular complexity index is 4770. The summed E-state index contributed by atoms with van der Waals surface area (Å²) in [6, 6.07) is 68.0. The van der Waals surface area contributed by atoms with Gasteiger partial charge in [0.05, 0.1) is 0 Å². The third kappa shape index (κ3) is 7.42. The molecular formula is C78H61B6N5. The Labute approximate surface area is 524 Å². The Morgan fingerprint density at radius 2 is 0.562 bits per heavy atom. The molecule has 0 amide bonds. The largest absolute Gasteiger partial charge is 0.314 e. The van der Waals surface area contributed by atoms with Crippen molar-refractivity contribution in [1.29, 1.82) is 0 Å². The van der Waals surface area contributed by atoms with Gasteiger partial charge in [0.2, 0.25) is 20.1 Å². The molecule has 6 aliphatic heterocycles. The number of nitrogens with zero attached hydrogens (tertiary/aromatic N) is 5. The number of aryl methyl sites for hydroxylation is 8. The molecular weight excluding hydrogens is 1070 g/mol. The van der Waals surface area contributed by atoms with Gasteiger partial charge in [-0.15, -0.1) is 0 Å². The van der Waals surface area contributed by atoms with Crippen LogP contribution < -0.4 is 108 Å². The first kappa shape index (κ1) is 52.5. The van der Waals surface area contributed by atoms with Crippen molar-refractivity contribution < 1.29 is 0 Å². The average Bonchev–Trinajstić information content (AvgIpc) is 0.692. The lowest BCUT2D eigenvalue weighted by Crippen LogP contribution is -2.72. The monoisotopic (exact) mass is 1130 g/mol. The molecule has 0 radical (unpaired) electrons. The smallest absolute Gasteiger partial charge is 0.250 e. The average molecular weight is 1130 g/mol. The molecule has 18 rings (SSSR count). The zero-order valence-electron chi connectivity index (χ0n) is 51.6. The fraction of sp³-hybridized carbons (Fsp3) is 0.115. The number of hydrogen-bond donors (Lipinski definition) is 0. The predicted octanol–water partition coefficient (Wildman–Crippen LogP) is 3.85. The molecule has 9 aromatic carbocycles. The Morgan fingerprint density at radius 1 is 0.270 bits per heavy atom. The van der Waals surface area contributed by atoms with Gasteiger partial charge in [-0.2, -0.15) is 0 Å². The van der Waals surface area contributed by atoms with E-state index < -0.39 is 0 Å². The molecule has 0 bridgehead atoms. The van der Waals surface area contributed by atoms with Gasteiger partial charge in [0.25, 0.3) is 20.1 Å². The van der Waals surface area contributed by atoms with Crippen LogP contribution in [0.25, 0.3) is 0 Å². The third-order valence-corrected chi connectivity index (χ3v) is 21.2. The highest BCUT2D eigenvalue weighted by atomic mass is 15.2. The highest BCUT2D eigenvalue weighted by Gasteiger charge is 2.52. The first-order valence-corrected chi connectivity index (χ1v) is 31.9. The van der Waals surface area contributed by atoms with E-state index in [-0.39, 0.29) is 40.3 Å². The summed E-state index contributed by atoms with van der Waals surface area (Å²) in [5.74, 6) is 0. The van der Waals surface area contributed by atoms with E-state index in [0.29, 0.717) is 0 Å². The van der Waals surface area contributed by atoms with Crippen LogP contribution in [0.1, 0.15) is 55.6 Å². The van der Waals surface area contributed by atoms with Crippen LogP contribution in [0, 0.1) is 55.4 Å². The highest BCUT2D eigenvalue weighted by molar-refractivity contribution is 7.08. The Balaban J connectivity index is 0.832. The fourth-order valence-corrected chi connectivity index (χ4v) is 18.4. The number of anilines is 6. The maximum atomic E-state index is 5.18. The Morgan fingerprint density at radius 3 is 0.933 bits per heavy atom. The number of aromatic nitrogens is 3. The summed E-state index contributed by atoms with van der Waals surface area (Å²) < 4.78 is 0. The lowest BCUT2D eigenvalue weighted by Gasteiger charge is -2.49. The van der Waals surface area contributed by atoms with Gasteiger partial charge in [-0.25, -0.2) is 0 Å². The van der Waals surface area contributed by atoms with Gasteiger partial charge in [-0.1, -0.05) is 253 Å². The van der Waals surface area contributed by atoms with Gasteiger partial charge in [0, 0.05) is 71.3 Å². The second-order valence-electron chi connectivity index (χ2n) is 26.6. The molecule has 0 spiro atoms. The van der Waals surface area contributed by atoms with Gasteiger partial charge in [-0.05, 0) is 138 Å². The van der Waals surface area contributed by atoms with E-state index in [9.17, 15) is 0 Å². The molecule has 3 aromatic heterocycles. The molecule has 12 aromatic rings. The molecule has 0 saturated carbocycles. The van der Waals surface area contributed by atoms with Crippen LogP contribution >= 0.6 is 0 Å². The molecule has 0 unspecified atom stereocenters. The second-order valence-corrected chi connectivity index (χ2v) is 26.6. The second kappa shape index (κ2) is 19.5. The topological polar surface area (TPSA) is 45.2 Å². The van der Waals surface area contributed by atoms with Crippen LogP contribution in [0.4, 0.5) is 34.1 Å². The van der Waals surface area contributed by atoms with Crippen LogP contribution in [0.2, 0.25) is 0 Å². The van der Waals surface area contributed by atoms with Crippen molar-refractivity contribution in [3.8, 4) is 0 Å². The number of pyridine rings is 3. The summed E-state index contributed by atoms with van der Waals surface area (Å²) >= 11 is 0. The van der Waals surface area contributed by atoms with E-state index in [0.717, 1.165) is 6.42 Å². The minimum absolute atomic E-state index is 0.0327. The van der Waals surface area contributed by atoms with Crippen LogP contribution in [0.3, 0.4) is 0 Å². The van der Waals surface area contributed by atoms with Gasteiger partial charge in [0.1, 0.15) is 0 Å². The van der Waals surface area contributed by atoms with Crippen molar-refractivity contribution in [2.24, 2.45) is 0 Å². The summed E-state index contributed by atoms with van der Waals surface area (Å²) in [5, 5.41) is 0. The maximum Gasteiger partial charge on any atom is 0.250 e. The van der Waals surface area contributed by atoms with E-state index >= 15 is 0 Å². The molecule has 0 atom stereocenters. The van der Waals surface area contributed by atoms with Crippen LogP contribution in [0.15, 0.2) is 213 Å². The summed E-state index contributed by atoms with van der Waals surface area (Å²) in [6.07, 6.45) is 13.5. The molecule has 416 valence electrons. The first-order valence-electron chi connectivity index (χ1n) is 31.9. The molecule has 0 N–H and O–H groups in total. The van der Waals surface area contributed by atoms with Crippen molar-refractivity contribution in [3.63, 3.8) is 0 Å². The summed E-state index contributed by atoms with van der Waals surface area (Å²) in [6.45, 7) is 18.4. The van der Waals surface area contributed by atoms with Gasteiger partial charge >= 0.3 is 0 Å². The third-order valence-electron chi connectivity index (χ3n) is 21.2. The van der Waals surface area contributed by atoms with Crippen molar-refractivity contribution >= 4 is 173 Å². The standard InChI is InChI=1S/C78H61B6N5/c1-45-31-48(4)70(49(5)32-45)82-58-25-16-26-59-73(58)88-74-60(82)27-17-29-62(74)84(63-30-18-28-61(75(63)88)83(59)71-50(6)33-46(2)34-51(71)7)72-52(8)35-47(3)36-54(72)37-53-19-15-24-57(38-53)81-68-43-86-41-66-77(68)89-76-64(79(66)55-20-11-9-12-21-55)39-85-40-65(76)80(56-22-13-10-14-23-56)67-42-87-44-69(81)78(67)89/h9-36,38-44H,37H2,1-8H3. The first-order chi connectivity index (χ1) is 43.5. The lowest BCUT2D eigenvalue weighted by molar-refractivity contribution is 1.19. The number of hydrogen-bond acceptors (Lipinski definition) is 5. The number of rotatable bonds is 8. The molecule has 0 aliphatic carbocycles. The van der Waals surface area contributed by atoms with E-state index in [2.05, 4.69) is 278 Å². The van der Waals surface area contributed by atoms with Gasteiger partial charge < -0.3 is 9.80 Å². The predicted molar refractivity (Wildman–Crippen MR) is 383 cm³/mol. The quantitative estimate of drug-likeness (QED) is 0.217. The zero-order valence-corrected chi connectivity index (χ0v) is 51.6. The van der Waals surface area contributed by atoms with Crippen LogP contribution in [-0.4, -0.2) is 55.2 Å². The molecule has 0 saturated heterocycles. The normalized spacial score (nSPS) is 13.9. The number of benzene rings is 9. The fourth-order valence-electron chi connectivity index (χ4n) is 18.4. The summed E-state index contributed by atoms with van der Waals surface area (Å²) in [7, 11) is 0. The van der Waals surface area contributed by atoms with Crippen LogP contribution in [0.5, 0.6) is 0 Å². The Kier molecular flexibility index (Phi) is 11.5. The maximum absolute atomic E-state index is 5.18. The minimum Gasteiger partial charge on any atom is -0.314 e. The van der Waals surface area contributed by atoms with Crippen molar-refractivity contribution in [2.75, 3.05) is 9.80 Å². The molecule has 9 heterocycles. The van der Waals surface area contributed by atoms with Crippen molar-refractivity contribution in [1.82, 2.24) is 15.0 Å². The SMILES string of the molecule is Cc1cc(C)c(B2c3cccc4c3N3c5c2cccc5B(c2c(C)cc(C)cc2Cc2cccc(B5c6cncc7c6N6c8c(cncc8B(c8ccccc8)c8cncc5c86)B7c5ccccc5)c2)c2cccc(c23)B4c2c(C)cc(C)cc2C)c(C)c1. The minimum atomic E-state index is -0.126. The zero-order chi connectivity index (χ0) is 59.8. The molecule has 0 fully saturated rings. The van der Waals surface area contributed by atoms with Gasteiger partial charge in [0.15, 0.2) is 0 Å². The van der Waals surface area contributed by atoms with E-state index in [1.807, 2.05) is 0 Å². The molecule has 6 aliphatic rings. The van der Waals surface area contributed by atoms with E-state index in [1.165, 1.54) is 188 Å². The molecule has 89 heavy (non-hydrogen) atoms. The Hall–Kier alpha value is -9.58. The summed E-state index contributed by atoms with van der Waals surface area (Å²) in [4.78, 5) is 20.7. The van der Waals surface area contributed by atoms with Crippen molar-refractivity contribution in [3.05, 3.63) is 269 Å². The highest BCUT2D eigenvalue weighted by Crippen LogP contribution is 2.41. The van der Waals surface area contributed by atoms with E-state index in [1.54, 1.807) is 0 Å². The van der Waals surface area contributed by atoms with Gasteiger partial charge in [-0.3, -0.25) is 15.0 Å². The summed E-state index contributed by atoms with van der Waals surface area (Å²) in [5.41, 5.74) is 44.6. The molecule has 11 heteroatoms. The van der Waals surface area contributed by atoms with Crippen LogP contribution in [-0.2, 0) is 6.42 Å². The van der Waals surface area contributed by atoms with E-state index in [4.69, 9.17) is 15.0 Å². The number of para-hydroxylation sites is 3. The molecule has 5 nitrogen and oxygen atoms in total. The van der Waals surface area contributed by atoms with Crippen molar-refractivity contribution in [2.45, 2.75) is 61.8 Å². The lowest BCUT2D eigenvalue weighted by atomic mass is 9.25.